The lowest BCUT2D eigenvalue weighted by Gasteiger charge is -2.37. The molecule has 1 unspecified atom stereocenters. The first-order valence-electron chi connectivity index (χ1n) is 8.00. The second-order valence-corrected chi connectivity index (χ2v) is 6.23. The summed E-state index contributed by atoms with van der Waals surface area (Å²) in [4.78, 5) is 0. The van der Waals surface area contributed by atoms with Gasteiger partial charge >= 0.3 is 0 Å². The smallest absolute Gasteiger partial charge is 0.0580 e. The Kier molecular flexibility index (Phi) is 7.92. The van der Waals surface area contributed by atoms with E-state index in [0.29, 0.717) is 6.10 Å². The van der Waals surface area contributed by atoms with Crippen LogP contribution in [0.4, 0.5) is 0 Å². The van der Waals surface area contributed by atoms with Crippen LogP contribution < -0.4 is 5.32 Å². The largest absolute Gasteiger partial charge is 0.378 e. The molecule has 0 amide bonds. The summed E-state index contributed by atoms with van der Waals surface area (Å²) < 4.78 is 5.64. The second-order valence-electron chi connectivity index (χ2n) is 6.23. The Morgan fingerprint density at radius 2 is 1.89 bits per heavy atom. The third-order valence-electron chi connectivity index (χ3n) is 4.04. The van der Waals surface area contributed by atoms with Crippen LogP contribution in [-0.4, -0.2) is 25.3 Å². The number of rotatable bonds is 10. The zero-order valence-corrected chi connectivity index (χ0v) is 12.9. The Balaban J connectivity index is 2.14. The molecule has 2 heteroatoms. The molecule has 1 N–H and O–H groups in total. The van der Waals surface area contributed by atoms with Gasteiger partial charge in [0.2, 0.25) is 0 Å². The van der Waals surface area contributed by atoms with Crippen LogP contribution in [0.3, 0.4) is 0 Å². The molecule has 1 aliphatic carbocycles. The van der Waals surface area contributed by atoms with Gasteiger partial charge in [-0.3, -0.25) is 0 Å². The van der Waals surface area contributed by atoms with Gasteiger partial charge in [0, 0.05) is 12.6 Å². The first kappa shape index (κ1) is 16.0. The van der Waals surface area contributed by atoms with Gasteiger partial charge in [-0.25, -0.2) is 0 Å². The van der Waals surface area contributed by atoms with Crippen LogP contribution in [0.2, 0.25) is 0 Å². The average molecular weight is 255 g/mol. The Morgan fingerprint density at radius 1 is 1.17 bits per heavy atom. The molecule has 1 aliphatic rings. The van der Waals surface area contributed by atoms with Gasteiger partial charge in [-0.15, -0.1) is 0 Å². The van der Waals surface area contributed by atoms with Crippen molar-refractivity contribution in [1.82, 2.24) is 5.32 Å². The van der Waals surface area contributed by atoms with Gasteiger partial charge in [-0.05, 0) is 51.0 Å². The molecule has 0 spiro atoms. The molecule has 108 valence electrons. The predicted octanol–water partition coefficient (Wildman–Crippen LogP) is 4.00. The van der Waals surface area contributed by atoms with Crippen LogP contribution in [-0.2, 0) is 4.74 Å². The Labute approximate surface area is 114 Å². The zero-order chi connectivity index (χ0) is 13.4. The standard InChI is InChI=1S/C16H33NO/c1-5-17-15(9-7-8-13(3)4)10-14-11-16(12-14)18-6-2/h13-17H,5-12H2,1-4H3. The molecular weight excluding hydrogens is 222 g/mol. The van der Waals surface area contributed by atoms with Crippen LogP contribution in [0, 0.1) is 11.8 Å². The minimum absolute atomic E-state index is 0.568. The summed E-state index contributed by atoms with van der Waals surface area (Å²) in [5.41, 5.74) is 0. The van der Waals surface area contributed by atoms with Crippen molar-refractivity contribution < 1.29 is 4.74 Å². The van der Waals surface area contributed by atoms with Crippen molar-refractivity contribution in [2.75, 3.05) is 13.2 Å². The quantitative estimate of drug-likeness (QED) is 0.637. The number of nitrogens with one attached hydrogen (secondary N) is 1. The molecule has 0 aromatic carbocycles. The van der Waals surface area contributed by atoms with E-state index in [1.165, 1.54) is 38.5 Å². The summed E-state index contributed by atoms with van der Waals surface area (Å²) in [5, 5.41) is 3.66. The van der Waals surface area contributed by atoms with E-state index in [1.54, 1.807) is 0 Å². The van der Waals surface area contributed by atoms with Gasteiger partial charge in [0.1, 0.15) is 0 Å². The normalized spacial score (nSPS) is 25.2. The van der Waals surface area contributed by atoms with Gasteiger partial charge in [0.15, 0.2) is 0 Å². The van der Waals surface area contributed by atoms with Gasteiger partial charge in [0.25, 0.3) is 0 Å². The third-order valence-corrected chi connectivity index (χ3v) is 4.04. The van der Waals surface area contributed by atoms with E-state index in [9.17, 15) is 0 Å². The monoisotopic (exact) mass is 255 g/mol. The van der Waals surface area contributed by atoms with Crippen LogP contribution in [0.1, 0.15) is 66.2 Å². The van der Waals surface area contributed by atoms with Gasteiger partial charge in [-0.1, -0.05) is 33.6 Å². The zero-order valence-electron chi connectivity index (χ0n) is 12.9. The first-order valence-corrected chi connectivity index (χ1v) is 8.00. The van der Waals surface area contributed by atoms with Crippen molar-refractivity contribution >= 4 is 0 Å². The molecule has 2 nitrogen and oxygen atoms in total. The van der Waals surface area contributed by atoms with Crippen LogP contribution in [0.15, 0.2) is 0 Å². The molecule has 0 heterocycles. The van der Waals surface area contributed by atoms with Crippen LogP contribution in [0.25, 0.3) is 0 Å². The van der Waals surface area contributed by atoms with Crippen molar-refractivity contribution in [1.29, 1.82) is 0 Å². The number of hydrogen-bond donors (Lipinski definition) is 1. The third kappa shape index (κ3) is 6.19. The number of ether oxygens (including phenoxy) is 1. The van der Waals surface area contributed by atoms with Gasteiger partial charge in [-0.2, -0.15) is 0 Å². The van der Waals surface area contributed by atoms with Gasteiger partial charge in [0.05, 0.1) is 6.10 Å². The summed E-state index contributed by atoms with van der Waals surface area (Å²) in [6.45, 7) is 10.9. The van der Waals surface area contributed by atoms with E-state index in [1.807, 2.05) is 0 Å². The predicted molar refractivity (Wildman–Crippen MR) is 78.9 cm³/mol. The fraction of sp³-hybridized carbons (Fsp3) is 1.00. The molecule has 0 radical (unpaired) electrons. The summed E-state index contributed by atoms with van der Waals surface area (Å²) in [6.07, 6.45) is 8.60. The van der Waals surface area contributed by atoms with E-state index >= 15 is 0 Å². The molecule has 0 aromatic heterocycles. The maximum atomic E-state index is 5.64. The second kappa shape index (κ2) is 8.92. The molecule has 1 saturated carbocycles. The highest BCUT2D eigenvalue weighted by Gasteiger charge is 2.30. The molecule has 1 fully saturated rings. The van der Waals surface area contributed by atoms with E-state index in [4.69, 9.17) is 4.74 Å². The molecule has 0 bridgehead atoms. The maximum absolute atomic E-state index is 5.64. The summed E-state index contributed by atoms with van der Waals surface area (Å²) >= 11 is 0. The SMILES string of the molecule is CCNC(CCCC(C)C)CC1CC(OCC)C1. The first-order chi connectivity index (χ1) is 8.65. The van der Waals surface area contributed by atoms with Crippen molar-refractivity contribution in [3.05, 3.63) is 0 Å². The average Bonchev–Trinajstić information content (AvgIpc) is 2.25. The molecule has 18 heavy (non-hydrogen) atoms. The molecule has 1 atom stereocenters. The summed E-state index contributed by atoms with van der Waals surface area (Å²) in [6, 6.07) is 0.737. The lowest BCUT2D eigenvalue weighted by atomic mass is 9.77. The van der Waals surface area contributed by atoms with Crippen LogP contribution >= 0.6 is 0 Å². The Hall–Kier alpha value is -0.0800. The van der Waals surface area contributed by atoms with E-state index in [0.717, 1.165) is 31.0 Å². The number of hydrogen-bond acceptors (Lipinski definition) is 2. The van der Waals surface area contributed by atoms with Crippen molar-refractivity contribution in [2.45, 2.75) is 78.4 Å². The Bertz CT molecular complexity index is 199. The minimum Gasteiger partial charge on any atom is -0.378 e. The topological polar surface area (TPSA) is 21.3 Å². The molecule has 1 rings (SSSR count). The lowest BCUT2D eigenvalue weighted by molar-refractivity contribution is -0.0292. The molecular formula is C16H33NO. The van der Waals surface area contributed by atoms with E-state index in [2.05, 4.69) is 33.0 Å². The molecule has 0 saturated heterocycles. The highest BCUT2D eigenvalue weighted by atomic mass is 16.5. The summed E-state index contributed by atoms with van der Waals surface area (Å²) in [5.74, 6) is 1.75. The van der Waals surface area contributed by atoms with Crippen LogP contribution in [0.5, 0.6) is 0 Å². The van der Waals surface area contributed by atoms with Crippen molar-refractivity contribution in [2.24, 2.45) is 11.8 Å². The lowest BCUT2D eigenvalue weighted by Crippen LogP contribution is -2.38. The van der Waals surface area contributed by atoms with E-state index < -0.39 is 0 Å². The molecule has 0 aliphatic heterocycles. The van der Waals surface area contributed by atoms with Crippen molar-refractivity contribution in [3.63, 3.8) is 0 Å². The fourth-order valence-corrected chi connectivity index (χ4v) is 3.01. The van der Waals surface area contributed by atoms with E-state index in [-0.39, 0.29) is 0 Å². The highest BCUT2D eigenvalue weighted by molar-refractivity contribution is 4.84. The highest BCUT2D eigenvalue weighted by Crippen LogP contribution is 2.34. The Morgan fingerprint density at radius 3 is 2.44 bits per heavy atom. The molecule has 0 aromatic rings. The maximum Gasteiger partial charge on any atom is 0.0580 e. The fourth-order valence-electron chi connectivity index (χ4n) is 3.01. The summed E-state index contributed by atoms with van der Waals surface area (Å²) in [7, 11) is 0. The van der Waals surface area contributed by atoms with Gasteiger partial charge < -0.3 is 10.1 Å². The minimum atomic E-state index is 0.568. The van der Waals surface area contributed by atoms with Crippen molar-refractivity contribution in [3.8, 4) is 0 Å².